The van der Waals surface area contributed by atoms with Crippen LogP contribution in [0.4, 0.5) is 4.79 Å². The van der Waals surface area contributed by atoms with E-state index in [4.69, 9.17) is 4.74 Å². The van der Waals surface area contributed by atoms with Crippen LogP contribution in [0.3, 0.4) is 0 Å². The Balaban J connectivity index is 1.87. The van der Waals surface area contributed by atoms with E-state index in [9.17, 15) is 14.7 Å². The SMILES string of the molecule is CC1CCCC(C(NC(=O)OCc2ccccc2)C(=O)O)C1. The molecular weight excluding hydrogens is 282 g/mol. The highest BCUT2D eigenvalue weighted by Crippen LogP contribution is 2.31. The summed E-state index contributed by atoms with van der Waals surface area (Å²) >= 11 is 0. The van der Waals surface area contributed by atoms with Crippen molar-refractivity contribution in [2.24, 2.45) is 11.8 Å². The molecule has 1 fully saturated rings. The van der Waals surface area contributed by atoms with Crippen LogP contribution in [0, 0.1) is 11.8 Å². The Morgan fingerprint density at radius 1 is 1.32 bits per heavy atom. The smallest absolute Gasteiger partial charge is 0.408 e. The Bertz CT molecular complexity index is 503. The quantitative estimate of drug-likeness (QED) is 0.876. The third kappa shape index (κ3) is 4.76. The number of ether oxygens (including phenoxy) is 1. The summed E-state index contributed by atoms with van der Waals surface area (Å²) in [6.07, 6.45) is 3.13. The second-order valence-corrected chi connectivity index (χ2v) is 6.05. The van der Waals surface area contributed by atoms with E-state index in [1.54, 1.807) is 0 Å². The second-order valence-electron chi connectivity index (χ2n) is 6.05. The van der Waals surface area contributed by atoms with Gasteiger partial charge in [0.1, 0.15) is 12.6 Å². The third-order valence-electron chi connectivity index (χ3n) is 4.20. The van der Waals surface area contributed by atoms with E-state index in [1.807, 2.05) is 30.3 Å². The number of carbonyl (C=O) groups excluding carboxylic acids is 1. The number of aliphatic carboxylic acids is 1. The Hall–Kier alpha value is -2.04. The lowest BCUT2D eigenvalue weighted by Gasteiger charge is -2.31. The normalized spacial score (nSPS) is 22.6. The molecule has 0 heterocycles. The lowest BCUT2D eigenvalue weighted by Crippen LogP contribution is -2.47. The maximum Gasteiger partial charge on any atom is 0.408 e. The predicted octanol–water partition coefficient (Wildman–Crippen LogP) is 3.19. The fraction of sp³-hybridized carbons (Fsp3) is 0.529. The monoisotopic (exact) mass is 305 g/mol. The van der Waals surface area contributed by atoms with Crippen molar-refractivity contribution < 1.29 is 19.4 Å². The molecule has 1 aromatic carbocycles. The molecule has 2 N–H and O–H groups in total. The second kappa shape index (κ2) is 7.82. The van der Waals surface area contributed by atoms with Crippen molar-refractivity contribution in [2.75, 3.05) is 0 Å². The molecule has 3 atom stereocenters. The molecule has 1 amide bonds. The molecule has 1 aliphatic carbocycles. The van der Waals surface area contributed by atoms with Crippen LogP contribution in [0.5, 0.6) is 0 Å². The minimum atomic E-state index is -0.990. The van der Waals surface area contributed by atoms with E-state index < -0.39 is 18.1 Å². The summed E-state index contributed by atoms with van der Waals surface area (Å²) in [6, 6.07) is 8.44. The first-order valence-corrected chi connectivity index (χ1v) is 7.76. The number of alkyl carbamates (subject to hydrolysis) is 1. The van der Waals surface area contributed by atoms with Gasteiger partial charge in [0.05, 0.1) is 0 Å². The van der Waals surface area contributed by atoms with Crippen LogP contribution in [-0.4, -0.2) is 23.2 Å². The summed E-state index contributed by atoms with van der Waals surface area (Å²) in [7, 11) is 0. The van der Waals surface area contributed by atoms with Gasteiger partial charge in [0, 0.05) is 0 Å². The zero-order valence-corrected chi connectivity index (χ0v) is 12.8. The number of nitrogens with one attached hydrogen (secondary N) is 1. The molecule has 0 bridgehead atoms. The molecule has 22 heavy (non-hydrogen) atoms. The van der Waals surface area contributed by atoms with Crippen LogP contribution in [-0.2, 0) is 16.1 Å². The van der Waals surface area contributed by atoms with Crippen molar-refractivity contribution in [3.8, 4) is 0 Å². The van der Waals surface area contributed by atoms with Crippen LogP contribution in [0.2, 0.25) is 0 Å². The van der Waals surface area contributed by atoms with E-state index in [2.05, 4.69) is 12.2 Å². The van der Waals surface area contributed by atoms with Gasteiger partial charge >= 0.3 is 12.1 Å². The molecule has 3 unspecified atom stereocenters. The molecule has 2 rings (SSSR count). The lowest BCUT2D eigenvalue weighted by molar-refractivity contribution is -0.141. The van der Waals surface area contributed by atoms with Gasteiger partial charge < -0.3 is 15.2 Å². The number of carboxylic acid groups (broad SMARTS) is 1. The average Bonchev–Trinajstić information content (AvgIpc) is 2.51. The molecule has 0 radical (unpaired) electrons. The largest absolute Gasteiger partial charge is 0.480 e. The number of carboxylic acids is 1. The van der Waals surface area contributed by atoms with Crippen molar-refractivity contribution in [3.05, 3.63) is 35.9 Å². The van der Waals surface area contributed by atoms with Gasteiger partial charge in [0.15, 0.2) is 0 Å². The van der Waals surface area contributed by atoms with Gasteiger partial charge in [-0.05, 0) is 30.2 Å². The molecule has 0 saturated heterocycles. The first-order valence-electron chi connectivity index (χ1n) is 7.76. The van der Waals surface area contributed by atoms with Crippen molar-refractivity contribution in [2.45, 2.75) is 45.3 Å². The standard InChI is InChI=1S/C17H23NO4/c1-12-6-5-9-14(10-12)15(16(19)20)18-17(21)22-11-13-7-3-2-4-8-13/h2-4,7-8,12,14-15H,5-6,9-11H2,1H3,(H,18,21)(H,19,20). The van der Waals surface area contributed by atoms with E-state index in [0.29, 0.717) is 5.92 Å². The van der Waals surface area contributed by atoms with Crippen LogP contribution in [0.25, 0.3) is 0 Å². The summed E-state index contributed by atoms with van der Waals surface area (Å²) in [6.45, 7) is 2.26. The zero-order valence-electron chi connectivity index (χ0n) is 12.8. The summed E-state index contributed by atoms with van der Waals surface area (Å²) in [4.78, 5) is 23.3. The maximum absolute atomic E-state index is 11.9. The van der Waals surface area contributed by atoms with Crippen molar-refractivity contribution >= 4 is 12.1 Å². The van der Waals surface area contributed by atoms with Crippen molar-refractivity contribution in [1.29, 1.82) is 0 Å². The maximum atomic E-state index is 11.9. The molecule has 1 aromatic rings. The van der Waals surface area contributed by atoms with Gasteiger partial charge in [-0.2, -0.15) is 0 Å². The highest BCUT2D eigenvalue weighted by molar-refractivity contribution is 5.80. The molecule has 0 aliphatic heterocycles. The molecule has 5 heteroatoms. The predicted molar refractivity (Wildman–Crippen MR) is 82.3 cm³/mol. The Morgan fingerprint density at radius 2 is 2.05 bits per heavy atom. The number of hydrogen-bond acceptors (Lipinski definition) is 3. The highest BCUT2D eigenvalue weighted by atomic mass is 16.5. The van der Waals surface area contributed by atoms with Gasteiger partial charge in [-0.15, -0.1) is 0 Å². The lowest BCUT2D eigenvalue weighted by atomic mass is 9.78. The van der Waals surface area contributed by atoms with E-state index in [0.717, 1.165) is 31.2 Å². The summed E-state index contributed by atoms with van der Waals surface area (Å²) in [5.74, 6) is -0.510. The van der Waals surface area contributed by atoms with E-state index in [-0.39, 0.29) is 12.5 Å². The van der Waals surface area contributed by atoms with Gasteiger partial charge in [-0.1, -0.05) is 50.1 Å². The van der Waals surface area contributed by atoms with Crippen LogP contribution in [0.1, 0.15) is 38.2 Å². The number of amides is 1. The summed E-state index contributed by atoms with van der Waals surface area (Å²) < 4.78 is 5.11. The number of rotatable bonds is 5. The van der Waals surface area contributed by atoms with E-state index in [1.165, 1.54) is 0 Å². The number of benzene rings is 1. The minimum absolute atomic E-state index is 0.0227. The fourth-order valence-electron chi connectivity index (χ4n) is 3.06. The molecular formula is C17H23NO4. The first kappa shape index (κ1) is 16.3. The summed E-state index contributed by atoms with van der Waals surface area (Å²) in [5, 5.41) is 11.9. The van der Waals surface area contributed by atoms with Crippen molar-refractivity contribution in [1.82, 2.24) is 5.32 Å². The zero-order chi connectivity index (χ0) is 15.9. The van der Waals surface area contributed by atoms with Gasteiger partial charge in [0.25, 0.3) is 0 Å². The average molecular weight is 305 g/mol. The third-order valence-corrected chi connectivity index (χ3v) is 4.20. The van der Waals surface area contributed by atoms with Crippen LogP contribution >= 0.6 is 0 Å². The fourth-order valence-corrected chi connectivity index (χ4v) is 3.06. The molecule has 0 spiro atoms. The topological polar surface area (TPSA) is 75.6 Å². The van der Waals surface area contributed by atoms with Crippen LogP contribution in [0.15, 0.2) is 30.3 Å². The number of carbonyl (C=O) groups is 2. The number of hydrogen-bond donors (Lipinski definition) is 2. The molecule has 120 valence electrons. The Kier molecular flexibility index (Phi) is 5.81. The molecule has 0 aromatic heterocycles. The van der Waals surface area contributed by atoms with Gasteiger partial charge in [-0.3, -0.25) is 0 Å². The first-order chi connectivity index (χ1) is 10.6. The van der Waals surface area contributed by atoms with Gasteiger partial charge in [-0.25, -0.2) is 9.59 Å². The Labute approximate surface area is 130 Å². The molecule has 5 nitrogen and oxygen atoms in total. The van der Waals surface area contributed by atoms with Crippen LogP contribution < -0.4 is 5.32 Å². The molecule has 1 saturated carbocycles. The minimum Gasteiger partial charge on any atom is -0.480 e. The summed E-state index contributed by atoms with van der Waals surface area (Å²) in [5.41, 5.74) is 0.871. The molecule has 1 aliphatic rings. The van der Waals surface area contributed by atoms with Gasteiger partial charge in [0.2, 0.25) is 0 Å². The van der Waals surface area contributed by atoms with Crippen molar-refractivity contribution in [3.63, 3.8) is 0 Å². The Morgan fingerprint density at radius 3 is 2.68 bits per heavy atom. The van der Waals surface area contributed by atoms with E-state index >= 15 is 0 Å². The highest BCUT2D eigenvalue weighted by Gasteiger charge is 2.33.